The Morgan fingerprint density at radius 1 is 1.12 bits per heavy atom. The highest BCUT2D eigenvalue weighted by Crippen LogP contribution is 2.24. The molecule has 1 aromatic heterocycles. The third kappa shape index (κ3) is 2.23. The Labute approximate surface area is 92.9 Å². The van der Waals surface area contributed by atoms with E-state index >= 15 is 0 Å². The monoisotopic (exact) mass is 214 g/mol. The highest BCUT2D eigenvalue weighted by Gasteiger charge is 2.10. The van der Waals surface area contributed by atoms with Gasteiger partial charge in [0.25, 0.3) is 0 Å². The van der Waals surface area contributed by atoms with Crippen LogP contribution in [0.5, 0.6) is 5.88 Å². The van der Waals surface area contributed by atoms with Gasteiger partial charge in [-0.05, 0) is 0 Å². The molecule has 2 aromatic rings. The largest absolute Gasteiger partial charge is 0.405 e. The summed E-state index contributed by atoms with van der Waals surface area (Å²) in [4.78, 5) is 19.1. The van der Waals surface area contributed by atoms with Crippen LogP contribution >= 0.6 is 0 Å². The zero-order valence-electron chi connectivity index (χ0n) is 8.75. The molecular formula is C12H10N2O2. The van der Waals surface area contributed by atoms with E-state index < -0.39 is 5.97 Å². The molecule has 0 bridgehead atoms. The van der Waals surface area contributed by atoms with Crippen LogP contribution in [0, 0.1) is 0 Å². The normalized spacial score (nSPS) is 9.81. The van der Waals surface area contributed by atoms with Crippen LogP contribution in [-0.4, -0.2) is 15.9 Å². The van der Waals surface area contributed by atoms with Crippen molar-refractivity contribution in [3.63, 3.8) is 0 Å². The fourth-order valence-corrected chi connectivity index (χ4v) is 1.33. The molecular weight excluding hydrogens is 204 g/mol. The van der Waals surface area contributed by atoms with Crippen molar-refractivity contribution in [1.82, 2.24) is 9.97 Å². The van der Waals surface area contributed by atoms with Crippen molar-refractivity contribution in [2.75, 3.05) is 0 Å². The number of ether oxygens (including phenoxy) is 1. The first kappa shape index (κ1) is 10.3. The summed E-state index contributed by atoms with van der Waals surface area (Å²) in [6, 6.07) is 9.46. The second-order valence-electron chi connectivity index (χ2n) is 3.17. The van der Waals surface area contributed by atoms with Crippen LogP contribution in [0.25, 0.3) is 11.3 Å². The second-order valence-corrected chi connectivity index (χ2v) is 3.17. The summed E-state index contributed by atoms with van der Waals surface area (Å²) in [7, 11) is 0. The van der Waals surface area contributed by atoms with Crippen LogP contribution < -0.4 is 4.74 Å². The van der Waals surface area contributed by atoms with Gasteiger partial charge >= 0.3 is 5.97 Å². The van der Waals surface area contributed by atoms with Gasteiger partial charge in [0, 0.05) is 24.9 Å². The summed E-state index contributed by atoms with van der Waals surface area (Å²) < 4.78 is 4.99. The number of carbonyl (C=O) groups is 1. The maximum Gasteiger partial charge on any atom is 0.309 e. The maximum absolute atomic E-state index is 10.9. The third-order valence-electron chi connectivity index (χ3n) is 1.95. The summed E-state index contributed by atoms with van der Waals surface area (Å²) in [5.41, 5.74) is 1.44. The van der Waals surface area contributed by atoms with Crippen molar-refractivity contribution in [2.24, 2.45) is 0 Å². The van der Waals surface area contributed by atoms with E-state index in [0.717, 1.165) is 5.56 Å². The summed E-state index contributed by atoms with van der Waals surface area (Å²) in [6.45, 7) is 1.34. The molecule has 4 nitrogen and oxygen atoms in total. The van der Waals surface area contributed by atoms with E-state index in [-0.39, 0.29) is 5.88 Å². The molecule has 1 heterocycles. The predicted octanol–water partition coefficient (Wildman–Crippen LogP) is 2.07. The van der Waals surface area contributed by atoms with Gasteiger partial charge in [0.05, 0.1) is 0 Å². The van der Waals surface area contributed by atoms with Crippen molar-refractivity contribution < 1.29 is 9.53 Å². The molecule has 0 aliphatic heterocycles. The topological polar surface area (TPSA) is 52.1 Å². The number of hydrogen-bond donors (Lipinski definition) is 0. The number of hydrogen-bond acceptors (Lipinski definition) is 4. The van der Waals surface area contributed by atoms with Gasteiger partial charge in [-0.25, -0.2) is 9.97 Å². The zero-order valence-corrected chi connectivity index (χ0v) is 8.75. The first-order chi connectivity index (χ1) is 7.77. The lowest BCUT2D eigenvalue weighted by Gasteiger charge is -2.05. The Morgan fingerprint density at radius 3 is 2.50 bits per heavy atom. The van der Waals surface area contributed by atoms with Crippen molar-refractivity contribution in [2.45, 2.75) is 6.92 Å². The Balaban J connectivity index is 2.44. The minimum Gasteiger partial charge on any atom is -0.405 e. The minimum atomic E-state index is -0.405. The number of nitrogens with zero attached hydrogens (tertiary/aromatic N) is 2. The molecule has 80 valence electrons. The van der Waals surface area contributed by atoms with Crippen molar-refractivity contribution in [1.29, 1.82) is 0 Å². The van der Waals surface area contributed by atoms with Crippen LogP contribution in [0.4, 0.5) is 0 Å². The molecule has 0 fully saturated rings. The van der Waals surface area contributed by atoms with Crippen LogP contribution in [-0.2, 0) is 4.79 Å². The van der Waals surface area contributed by atoms with Crippen LogP contribution in [0.2, 0.25) is 0 Å². The lowest BCUT2D eigenvalue weighted by atomic mass is 10.1. The predicted molar refractivity (Wildman–Crippen MR) is 58.8 cm³/mol. The maximum atomic E-state index is 10.9. The standard InChI is InChI=1S/C12H10N2O2/c1-9(15)16-12-11(13-7-8-14-12)10-5-3-2-4-6-10/h2-8H,1H3. The van der Waals surface area contributed by atoms with Gasteiger partial charge in [-0.1, -0.05) is 30.3 Å². The Kier molecular flexibility index (Phi) is 2.91. The SMILES string of the molecule is CC(=O)Oc1nccnc1-c1ccccc1. The highest BCUT2D eigenvalue weighted by atomic mass is 16.5. The van der Waals surface area contributed by atoms with Crippen molar-refractivity contribution in [3.05, 3.63) is 42.7 Å². The molecule has 0 atom stereocenters. The summed E-state index contributed by atoms with van der Waals surface area (Å²) in [5, 5.41) is 0. The van der Waals surface area contributed by atoms with E-state index in [2.05, 4.69) is 9.97 Å². The Hall–Kier alpha value is -2.23. The molecule has 0 aliphatic carbocycles. The number of esters is 1. The first-order valence-electron chi connectivity index (χ1n) is 4.82. The smallest absolute Gasteiger partial charge is 0.309 e. The number of rotatable bonds is 2. The molecule has 2 rings (SSSR count). The van der Waals surface area contributed by atoms with Gasteiger partial charge in [0.1, 0.15) is 5.69 Å². The average Bonchev–Trinajstić information content (AvgIpc) is 2.30. The van der Waals surface area contributed by atoms with Gasteiger partial charge in [-0.2, -0.15) is 0 Å². The zero-order chi connectivity index (χ0) is 11.4. The summed E-state index contributed by atoms with van der Waals surface area (Å²) in [5.74, 6) is -0.168. The van der Waals surface area contributed by atoms with E-state index in [1.807, 2.05) is 30.3 Å². The number of carbonyl (C=O) groups excluding carboxylic acids is 1. The Bertz CT molecular complexity index is 497. The molecule has 0 spiro atoms. The minimum absolute atomic E-state index is 0.237. The van der Waals surface area contributed by atoms with Gasteiger partial charge in [0.15, 0.2) is 0 Å². The molecule has 1 aromatic carbocycles. The molecule has 0 radical (unpaired) electrons. The second kappa shape index (κ2) is 4.53. The molecule has 0 saturated carbocycles. The van der Waals surface area contributed by atoms with E-state index in [1.54, 1.807) is 6.20 Å². The molecule has 16 heavy (non-hydrogen) atoms. The van der Waals surface area contributed by atoms with E-state index in [0.29, 0.717) is 5.69 Å². The molecule has 0 amide bonds. The van der Waals surface area contributed by atoms with Crippen LogP contribution in [0.15, 0.2) is 42.7 Å². The molecule has 0 N–H and O–H groups in total. The van der Waals surface area contributed by atoms with Gasteiger partial charge < -0.3 is 4.74 Å². The fraction of sp³-hybridized carbons (Fsp3) is 0.0833. The lowest BCUT2D eigenvalue weighted by Crippen LogP contribution is -2.05. The molecule has 0 saturated heterocycles. The van der Waals surface area contributed by atoms with Crippen molar-refractivity contribution in [3.8, 4) is 17.1 Å². The van der Waals surface area contributed by atoms with Gasteiger partial charge in [-0.3, -0.25) is 4.79 Å². The molecule has 4 heteroatoms. The Morgan fingerprint density at radius 2 is 1.81 bits per heavy atom. The summed E-state index contributed by atoms with van der Waals surface area (Å²) >= 11 is 0. The van der Waals surface area contributed by atoms with Crippen LogP contribution in [0.3, 0.4) is 0 Å². The number of benzene rings is 1. The van der Waals surface area contributed by atoms with E-state index in [1.165, 1.54) is 13.1 Å². The van der Waals surface area contributed by atoms with Crippen molar-refractivity contribution >= 4 is 5.97 Å². The highest BCUT2D eigenvalue weighted by molar-refractivity contribution is 5.73. The van der Waals surface area contributed by atoms with Crippen LogP contribution in [0.1, 0.15) is 6.92 Å². The lowest BCUT2D eigenvalue weighted by molar-refractivity contribution is -0.132. The summed E-state index contributed by atoms with van der Waals surface area (Å²) in [6.07, 6.45) is 3.06. The molecule has 0 aliphatic rings. The number of aromatic nitrogens is 2. The third-order valence-corrected chi connectivity index (χ3v) is 1.95. The van der Waals surface area contributed by atoms with E-state index in [9.17, 15) is 4.79 Å². The quantitative estimate of drug-likeness (QED) is 0.718. The first-order valence-corrected chi connectivity index (χ1v) is 4.82. The van der Waals surface area contributed by atoms with Gasteiger partial charge in [0.2, 0.25) is 5.88 Å². The fourth-order valence-electron chi connectivity index (χ4n) is 1.33. The average molecular weight is 214 g/mol. The van der Waals surface area contributed by atoms with Gasteiger partial charge in [-0.15, -0.1) is 0 Å². The molecule has 0 unspecified atom stereocenters. The van der Waals surface area contributed by atoms with E-state index in [4.69, 9.17) is 4.74 Å².